The topological polar surface area (TPSA) is 52.2 Å². The molecule has 1 heterocycles. The van der Waals surface area contributed by atoms with Crippen molar-refractivity contribution in [2.75, 3.05) is 41.5 Å². The maximum absolute atomic E-state index is 5.63. The lowest BCUT2D eigenvalue weighted by Gasteiger charge is -2.31. The van der Waals surface area contributed by atoms with Crippen molar-refractivity contribution in [1.82, 2.24) is 10.2 Å². The molecular weight excluding hydrogens is 388 g/mol. The van der Waals surface area contributed by atoms with Crippen molar-refractivity contribution in [2.45, 2.75) is 19.4 Å². The van der Waals surface area contributed by atoms with Gasteiger partial charge < -0.3 is 29.2 Å². The van der Waals surface area contributed by atoms with Crippen LogP contribution in [0.3, 0.4) is 0 Å². The number of fused-ring (bicyclic) bond motifs is 1. The van der Waals surface area contributed by atoms with Gasteiger partial charge in [-0.3, -0.25) is 0 Å². The van der Waals surface area contributed by atoms with Crippen molar-refractivity contribution in [3.05, 3.63) is 47.0 Å². The monoisotopic (exact) mass is 416 g/mol. The average molecular weight is 417 g/mol. The summed E-state index contributed by atoms with van der Waals surface area (Å²) in [7, 11) is 6.61. The predicted molar refractivity (Wildman–Crippen MR) is 118 cm³/mol. The number of rotatable bonds is 7. The Kier molecular flexibility index (Phi) is 7.04. The fourth-order valence-electron chi connectivity index (χ4n) is 3.52. The van der Waals surface area contributed by atoms with Gasteiger partial charge in [0, 0.05) is 19.6 Å². The van der Waals surface area contributed by atoms with E-state index in [1.165, 1.54) is 16.7 Å². The Morgan fingerprint density at radius 2 is 1.52 bits per heavy atom. The molecule has 156 valence electrons. The maximum atomic E-state index is 5.63. The van der Waals surface area contributed by atoms with E-state index in [4.69, 9.17) is 31.2 Å². The summed E-state index contributed by atoms with van der Waals surface area (Å²) in [6, 6.07) is 10.1. The lowest BCUT2D eigenvalue weighted by molar-refractivity contribution is 0.347. The van der Waals surface area contributed by atoms with Gasteiger partial charge in [-0.2, -0.15) is 0 Å². The van der Waals surface area contributed by atoms with Crippen molar-refractivity contribution in [1.29, 1.82) is 0 Å². The van der Waals surface area contributed by atoms with Crippen molar-refractivity contribution in [3.8, 4) is 23.0 Å². The average Bonchev–Trinajstić information content (AvgIpc) is 2.77. The second-order valence-corrected chi connectivity index (χ2v) is 7.21. The molecule has 0 aliphatic carbocycles. The molecule has 1 N–H and O–H groups in total. The highest BCUT2D eigenvalue weighted by Gasteiger charge is 2.21. The first kappa shape index (κ1) is 21.0. The third-order valence-corrected chi connectivity index (χ3v) is 5.55. The smallest absolute Gasteiger partial charge is 0.169 e. The SMILES string of the molecule is COc1ccc(CCNC(=S)N2CCc3cc(OC)c(OC)cc3C2)cc1OC. The van der Waals surface area contributed by atoms with Gasteiger partial charge >= 0.3 is 0 Å². The third-order valence-electron chi connectivity index (χ3n) is 5.14. The van der Waals surface area contributed by atoms with Crippen LogP contribution in [0.4, 0.5) is 0 Å². The van der Waals surface area contributed by atoms with Crippen LogP contribution >= 0.6 is 12.2 Å². The van der Waals surface area contributed by atoms with Crippen LogP contribution in [-0.2, 0) is 19.4 Å². The first-order valence-electron chi connectivity index (χ1n) is 9.57. The molecule has 1 aliphatic heterocycles. The summed E-state index contributed by atoms with van der Waals surface area (Å²) in [5.41, 5.74) is 3.67. The van der Waals surface area contributed by atoms with Crippen molar-refractivity contribution >= 4 is 17.3 Å². The normalized spacial score (nSPS) is 12.8. The Hall–Kier alpha value is -2.67. The van der Waals surface area contributed by atoms with Gasteiger partial charge in [0.05, 0.1) is 28.4 Å². The molecule has 2 aromatic carbocycles. The van der Waals surface area contributed by atoms with E-state index in [0.29, 0.717) is 0 Å². The Bertz CT molecular complexity index is 872. The zero-order valence-electron chi connectivity index (χ0n) is 17.4. The number of benzene rings is 2. The molecule has 0 saturated heterocycles. The highest BCUT2D eigenvalue weighted by atomic mass is 32.1. The molecule has 0 amide bonds. The van der Waals surface area contributed by atoms with E-state index >= 15 is 0 Å². The summed E-state index contributed by atoms with van der Waals surface area (Å²) >= 11 is 5.63. The lowest BCUT2D eigenvalue weighted by Crippen LogP contribution is -2.43. The summed E-state index contributed by atoms with van der Waals surface area (Å²) in [6.07, 6.45) is 1.77. The number of nitrogens with zero attached hydrogens (tertiary/aromatic N) is 1. The highest BCUT2D eigenvalue weighted by molar-refractivity contribution is 7.80. The molecule has 0 atom stereocenters. The lowest BCUT2D eigenvalue weighted by atomic mass is 9.99. The van der Waals surface area contributed by atoms with Crippen LogP contribution in [0.1, 0.15) is 16.7 Å². The van der Waals surface area contributed by atoms with Crippen LogP contribution in [0.25, 0.3) is 0 Å². The molecule has 0 unspecified atom stereocenters. The van der Waals surface area contributed by atoms with Gasteiger partial charge in [-0.05, 0) is 66.0 Å². The standard InChI is InChI=1S/C22H28N2O4S/c1-25-18-6-5-15(11-19(18)26-2)7-9-23-22(29)24-10-8-16-12-20(27-3)21(28-4)13-17(16)14-24/h5-6,11-13H,7-10,14H2,1-4H3,(H,23,29). The second kappa shape index (κ2) is 9.69. The number of thiocarbonyl (C=S) groups is 1. The van der Waals surface area contributed by atoms with Crippen molar-refractivity contribution < 1.29 is 18.9 Å². The summed E-state index contributed by atoms with van der Waals surface area (Å²) < 4.78 is 21.5. The quantitative estimate of drug-likeness (QED) is 0.696. The van der Waals surface area contributed by atoms with Crippen molar-refractivity contribution in [3.63, 3.8) is 0 Å². The van der Waals surface area contributed by atoms with Crippen LogP contribution in [0.5, 0.6) is 23.0 Å². The number of ether oxygens (including phenoxy) is 4. The van der Waals surface area contributed by atoms with Gasteiger partial charge in [-0.25, -0.2) is 0 Å². The van der Waals surface area contributed by atoms with E-state index in [2.05, 4.69) is 16.3 Å². The molecule has 0 saturated carbocycles. The zero-order chi connectivity index (χ0) is 20.8. The van der Waals surface area contributed by atoms with Gasteiger partial charge in [-0.1, -0.05) is 6.07 Å². The van der Waals surface area contributed by atoms with E-state index in [-0.39, 0.29) is 0 Å². The second-order valence-electron chi connectivity index (χ2n) is 6.82. The molecule has 6 nitrogen and oxygen atoms in total. The van der Waals surface area contributed by atoms with Gasteiger partial charge in [0.25, 0.3) is 0 Å². The van der Waals surface area contributed by atoms with E-state index in [0.717, 1.165) is 60.6 Å². The van der Waals surface area contributed by atoms with Gasteiger partial charge in [0.1, 0.15) is 0 Å². The summed E-state index contributed by atoms with van der Waals surface area (Å²) in [4.78, 5) is 2.19. The van der Waals surface area contributed by atoms with Crippen LogP contribution in [0.2, 0.25) is 0 Å². The molecule has 7 heteroatoms. The third kappa shape index (κ3) is 4.85. The van der Waals surface area contributed by atoms with Crippen LogP contribution < -0.4 is 24.3 Å². The fraction of sp³-hybridized carbons (Fsp3) is 0.409. The predicted octanol–water partition coefficient (Wildman–Crippen LogP) is 3.20. The van der Waals surface area contributed by atoms with Crippen LogP contribution in [0, 0.1) is 0 Å². The number of nitrogens with one attached hydrogen (secondary N) is 1. The molecule has 2 aromatic rings. The maximum Gasteiger partial charge on any atom is 0.169 e. The molecular formula is C22H28N2O4S. The van der Waals surface area contributed by atoms with Crippen LogP contribution in [0.15, 0.2) is 30.3 Å². The van der Waals surface area contributed by atoms with E-state index in [1.54, 1.807) is 28.4 Å². The zero-order valence-corrected chi connectivity index (χ0v) is 18.2. The molecule has 0 aromatic heterocycles. The minimum Gasteiger partial charge on any atom is -0.493 e. The van der Waals surface area contributed by atoms with E-state index in [1.807, 2.05) is 24.3 Å². The number of methoxy groups -OCH3 is 4. The first-order chi connectivity index (χ1) is 14.1. The Morgan fingerprint density at radius 3 is 2.17 bits per heavy atom. The molecule has 3 rings (SSSR count). The molecule has 29 heavy (non-hydrogen) atoms. The summed E-state index contributed by atoms with van der Waals surface area (Å²) in [6.45, 7) is 2.40. The molecule has 0 spiro atoms. The molecule has 0 radical (unpaired) electrons. The first-order valence-corrected chi connectivity index (χ1v) is 9.97. The largest absolute Gasteiger partial charge is 0.493 e. The summed E-state index contributed by atoms with van der Waals surface area (Å²) in [5.74, 6) is 3.00. The van der Waals surface area contributed by atoms with E-state index in [9.17, 15) is 0 Å². The minimum atomic E-state index is 0.735. The molecule has 0 fully saturated rings. The molecule has 0 bridgehead atoms. The Balaban J connectivity index is 1.57. The van der Waals surface area contributed by atoms with Gasteiger partial charge in [0.15, 0.2) is 28.1 Å². The Morgan fingerprint density at radius 1 is 0.897 bits per heavy atom. The van der Waals surface area contributed by atoms with Crippen LogP contribution in [-0.4, -0.2) is 51.5 Å². The van der Waals surface area contributed by atoms with E-state index < -0.39 is 0 Å². The fourth-order valence-corrected chi connectivity index (χ4v) is 3.78. The van der Waals surface area contributed by atoms with Gasteiger partial charge in [0.2, 0.25) is 0 Å². The number of hydrogen-bond donors (Lipinski definition) is 1. The highest BCUT2D eigenvalue weighted by Crippen LogP contribution is 2.33. The number of hydrogen-bond acceptors (Lipinski definition) is 5. The summed E-state index contributed by atoms with van der Waals surface area (Å²) in [5, 5.41) is 4.15. The Labute approximate surface area is 177 Å². The van der Waals surface area contributed by atoms with Crippen molar-refractivity contribution in [2.24, 2.45) is 0 Å². The minimum absolute atomic E-state index is 0.735. The van der Waals surface area contributed by atoms with Gasteiger partial charge in [-0.15, -0.1) is 0 Å². The molecule has 1 aliphatic rings.